The van der Waals surface area contributed by atoms with Gasteiger partial charge in [-0.15, -0.1) is 15.3 Å². The summed E-state index contributed by atoms with van der Waals surface area (Å²) in [6.07, 6.45) is 3.23. The maximum atomic E-state index is 13.0. The van der Waals surface area contributed by atoms with Gasteiger partial charge in [0.2, 0.25) is 5.88 Å². The average Bonchev–Trinajstić information content (AvgIpc) is 3.27. The Morgan fingerprint density at radius 3 is 2.66 bits per heavy atom. The van der Waals surface area contributed by atoms with Gasteiger partial charge in [0.25, 0.3) is 0 Å². The Morgan fingerprint density at radius 2 is 1.94 bits per heavy atom. The number of methoxy groups -OCH3 is 1. The van der Waals surface area contributed by atoms with E-state index in [0.29, 0.717) is 42.1 Å². The third-order valence-corrected chi connectivity index (χ3v) is 6.16. The van der Waals surface area contributed by atoms with E-state index in [1.54, 1.807) is 18.3 Å². The second-order valence-corrected chi connectivity index (χ2v) is 8.36. The van der Waals surface area contributed by atoms with Crippen molar-refractivity contribution in [3.8, 4) is 34.0 Å². The Labute approximate surface area is 185 Å². The summed E-state index contributed by atoms with van der Waals surface area (Å²) in [7, 11) is 1.53. The first-order valence-corrected chi connectivity index (χ1v) is 10.8. The second-order valence-electron chi connectivity index (χ2n) is 8.36. The Hall–Kier alpha value is -3.33. The molecule has 1 saturated carbocycles. The van der Waals surface area contributed by atoms with Crippen molar-refractivity contribution < 1.29 is 14.2 Å². The summed E-state index contributed by atoms with van der Waals surface area (Å²) >= 11 is 0. The van der Waals surface area contributed by atoms with Gasteiger partial charge in [-0.1, -0.05) is 6.07 Å². The average molecular weight is 436 g/mol. The number of benzene rings is 1. The molecule has 2 aliphatic rings. The van der Waals surface area contributed by atoms with Crippen molar-refractivity contribution in [1.29, 1.82) is 0 Å². The van der Waals surface area contributed by atoms with Gasteiger partial charge in [-0.3, -0.25) is 0 Å². The van der Waals surface area contributed by atoms with Crippen LogP contribution in [0.1, 0.15) is 19.3 Å². The number of ether oxygens (including phenoxy) is 1. The minimum absolute atomic E-state index is 0.109. The van der Waals surface area contributed by atoms with Gasteiger partial charge in [0.1, 0.15) is 11.9 Å². The van der Waals surface area contributed by atoms with Crippen molar-refractivity contribution in [3.63, 3.8) is 0 Å². The number of aromatic nitrogens is 4. The van der Waals surface area contributed by atoms with E-state index < -0.39 is 6.17 Å². The van der Waals surface area contributed by atoms with Crippen LogP contribution < -0.4 is 15.0 Å². The molecule has 1 saturated heterocycles. The molecule has 1 aromatic carbocycles. The van der Waals surface area contributed by atoms with Gasteiger partial charge in [-0.2, -0.15) is 5.10 Å². The van der Waals surface area contributed by atoms with Crippen LogP contribution in [0.4, 0.5) is 10.2 Å². The number of halogens is 1. The van der Waals surface area contributed by atoms with E-state index in [-0.39, 0.29) is 5.75 Å². The van der Waals surface area contributed by atoms with E-state index in [4.69, 9.17) is 4.74 Å². The molecule has 2 N–H and O–H groups in total. The van der Waals surface area contributed by atoms with Crippen molar-refractivity contribution in [2.24, 2.45) is 0 Å². The fraction of sp³-hybridized carbons (Fsp3) is 0.391. The summed E-state index contributed by atoms with van der Waals surface area (Å²) in [6.45, 7) is 1.73. The number of alkyl halides is 1. The highest BCUT2D eigenvalue weighted by atomic mass is 19.1. The minimum atomic E-state index is -0.641. The molecule has 1 aliphatic carbocycles. The smallest absolute Gasteiger partial charge is 0.233 e. The number of phenols is 1. The highest BCUT2D eigenvalue weighted by Gasteiger charge is 2.33. The minimum Gasteiger partial charge on any atom is -0.507 e. The molecule has 2 fully saturated rings. The van der Waals surface area contributed by atoms with Gasteiger partial charge in [0, 0.05) is 42.4 Å². The fourth-order valence-corrected chi connectivity index (χ4v) is 4.29. The number of nitrogens with one attached hydrogen (secondary N) is 1. The zero-order chi connectivity index (χ0) is 22.1. The van der Waals surface area contributed by atoms with E-state index in [1.165, 1.54) is 7.11 Å². The molecule has 9 heteroatoms. The zero-order valence-electron chi connectivity index (χ0n) is 17.8. The number of anilines is 1. The SMILES string of the molecule is COc1cc(-c2ccc(-c3ccc(N4CC[C@@H](NC5CC(F)C5)C4)nn3)c(O)c2)cnn1. The standard InChI is InChI=1S/C23H25FN6O2/c1-32-23-9-15(12-25-29-23)14-2-3-19(21(31)8-14)20-4-5-22(28-27-20)30-7-6-17(13-30)26-18-10-16(24)11-18/h2-5,8-9,12,16-18,26,31H,6-7,10-11,13H2,1H3/t16?,17-,18?/m1/s1. The molecule has 1 atom stereocenters. The number of phenolic OH excluding ortho intramolecular Hbond substituents is 1. The largest absolute Gasteiger partial charge is 0.507 e. The number of rotatable bonds is 6. The Balaban J connectivity index is 1.27. The molecule has 0 radical (unpaired) electrons. The van der Waals surface area contributed by atoms with Crippen LogP contribution >= 0.6 is 0 Å². The van der Waals surface area contributed by atoms with Crippen LogP contribution in [0.25, 0.3) is 22.4 Å². The van der Waals surface area contributed by atoms with Crippen LogP contribution in [0.2, 0.25) is 0 Å². The van der Waals surface area contributed by atoms with Crippen LogP contribution in [0.5, 0.6) is 11.6 Å². The summed E-state index contributed by atoms with van der Waals surface area (Å²) in [4.78, 5) is 2.19. The highest BCUT2D eigenvalue weighted by Crippen LogP contribution is 2.33. The van der Waals surface area contributed by atoms with Crippen molar-refractivity contribution in [3.05, 3.63) is 42.6 Å². The number of hydrogen-bond acceptors (Lipinski definition) is 8. The molecule has 3 aromatic rings. The topological polar surface area (TPSA) is 96.3 Å². The normalized spacial score (nSPS) is 22.6. The molecule has 32 heavy (non-hydrogen) atoms. The van der Waals surface area contributed by atoms with E-state index in [0.717, 1.165) is 36.5 Å². The van der Waals surface area contributed by atoms with E-state index in [2.05, 4.69) is 30.6 Å². The Kier molecular flexibility index (Phi) is 5.57. The van der Waals surface area contributed by atoms with Crippen LogP contribution in [0.15, 0.2) is 42.6 Å². The Morgan fingerprint density at radius 1 is 1.06 bits per heavy atom. The number of nitrogens with zero attached hydrogens (tertiary/aromatic N) is 5. The zero-order valence-corrected chi connectivity index (χ0v) is 17.8. The summed E-state index contributed by atoms with van der Waals surface area (Å²) in [5.41, 5.74) is 2.79. The van der Waals surface area contributed by atoms with Gasteiger partial charge in [0.15, 0.2) is 5.82 Å². The van der Waals surface area contributed by atoms with Gasteiger partial charge in [-0.05, 0) is 49.1 Å². The maximum Gasteiger partial charge on any atom is 0.233 e. The molecule has 0 unspecified atom stereocenters. The summed E-state index contributed by atoms with van der Waals surface area (Å²) in [6, 6.07) is 11.6. The molecule has 0 amide bonds. The van der Waals surface area contributed by atoms with E-state index in [9.17, 15) is 9.50 Å². The molecule has 0 spiro atoms. The summed E-state index contributed by atoms with van der Waals surface area (Å²) in [5, 5.41) is 30.6. The quantitative estimate of drug-likeness (QED) is 0.609. The van der Waals surface area contributed by atoms with Gasteiger partial charge in [-0.25, -0.2) is 4.39 Å². The van der Waals surface area contributed by atoms with E-state index >= 15 is 0 Å². The first-order chi connectivity index (χ1) is 15.6. The van der Waals surface area contributed by atoms with Crippen LogP contribution in [0.3, 0.4) is 0 Å². The van der Waals surface area contributed by atoms with Crippen molar-refractivity contribution >= 4 is 5.82 Å². The van der Waals surface area contributed by atoms with Crippen LogP contribution in [-0.4, -0.2) is 64.0 Å². The predicted molar refractivity (Wildman–Crippen MR) is 118 cm³/mol. The Bertz CT molecular complexity index is 1090. The van der Waals surface area contributed by atoms with Gasteiger partial charge >= 0.3 is 0 Å². The van der Waals surface area contributed by atoms with E-state index in [1.807, 2.05) is 24.3 Å². The van der Waals surface area contributed by atoms with Crippen molar-refractivity contribution in [2.45, 2.75) is 37.5 Å². The lowest BCUT2D eigenvalue weighted by molar-refractivity contribution is 0.148. The summed E-state index contributed by atoms with van der Waals surface area (Å²) < 4.78 is 18.1. The molecule has 2 aromatic heterocycles. The molecule has 0 bridgehead atoms. The molecule has 8 nitrogen and oxygen atoms in total. The summed E-state index contributed by atoms with van der Waals surface area (Å²) in [5.74, 6) is 1.32. The number of hydrogen-bond donors (Lipinski definition) is 2. The van der Waals surface area contributed by atoms with Crippen LogP contribution in [-0.2, 0) is 0 Å². The lowest BCUT2D eigenvalue weighted by atomic mass is 9.90. The lowest BCUT2D eigenvalue weighted by Crippen LogP contribution is -2.48. The molecular weight excluding hydrogens is 411 g/mol. The van der Waals surface area contributed by atoms with Gasteiger partial charge in [0.05, 0.1) is 19.0 Å². The molecular formula is C23H25FN6O2. The molecule has 1 aliphatic heterocycles. The number of aromatic hydroxyl groups is 1. The fourth-order valence-electron chi connectivity index (χ4n) is 4.29. The third kappa shape index (κ3) is 4.20. The first kappa shape index (κ1) is 20.6. The molecule has 166 valence electrons. The van der Waals surface area contributed by atoms with Crippen molar-refractivity contribution in [2.75, 3.05) is 25.1 Å². The van der Waals surface area contributed by atoms with Crippen molar-refractivity contribution in [1.82, 2.24) is 25.7 Å². The second kappa shape index (κ2) is 8.66. The highest BCUT2D eigenvalue weighted by molar-refractivity contribution is 5.74. The van der Waals surface area contributed by atoms with Crippen LogP contribution in [0, 0.1) is 0 Å². The maximum absolute atomic E-state index is 13.0. The first-order valence-electron chi connectivity index (χ1n) is 10.8. The van der Waals surface area contributed by atoms with Gasteiger partial charge < -0.3 is 20.1 Å². The lowest BCUT2D eigenvalue weighted by Gasteiger charge is -2.33. The predicted octanol–water partition coefficient (Wildman–Crippen LogP) is 2.98. The molecule has 3 heterocycles. The third-order valence-electron chi connectivity index (χ3n) is 6.16. The monoisotopic (exact) mass is 436 g/mol. The molecule has 5 rings (SSSR count).